The zero-order chi connectivity index (χ0) is 13.6. The second-order valence-corrected chi connectivity index (χ2v) is 29.3. The molecule has 0 radical (unpaired) electrons. The predicted molar refractivity (Wildman–Crippen MR) is 77.7 cm³/mol. The van der Waals surface area contributed by atoms with Gasteiger partial charge in [-0.15, -0.1) is 6.58 Å². The molecule has 0 spiro atoms. The van der Waals surface area contributed by atoms with Crippen molar-refractivity contribution in [2.24, 2.45) is 0 Å². The number of allylic oxidation sites excluding steroid dienone is 5. The third kappa shape index (κ3) is 7.75. The van der Waals surface area contributed by atoms with Gasteiger partial charge in [-0.05, 0) is 12.8 Å². The Morgan fingerprint density at radius 1 is 1.29 bits per heavy atom. The van der Waals surface area contributed by atoms with Crippen molar-refractivity contribution in [3.63, 3.8) is 0 Å². The van der Waals surface area contributed by atoms with E-state index in [1.165, 1.54) is 6.42 Å². The second-order valence-electron chi connectivity index (χ2n) is 8.73. The summed E-state index contributed by atoms with van der Waals surface area (Å²) in [4.78, 5) is 0. The molecule has 17 heavy (non-hydrogen) atoms. The van der Waals surface area contributed by atoms with Crippen molar-refractivity contribution in [1.29, 1.82) is 0 Å². The SMILES string of the molecule is C=CCCCO.[CH3][Ti]([CH3])([CH3])([CH3])([CH3])[C]1=CC=CC1. The van der Waals surface area contributed by atoms with E-state index in [2.05, 4.69) is 50.9 Å². The Bertz CT molecular complexity index is 313. The van der Waals surface area contributed by atoms with Crippen LogP contribution in [0.2, 0.25) is 26.1 Å². The number of aliphatic hydroxyl groups is 1. The average Bonchev–Trinajstić information content (AvgIpc) is 2.65. The zero-order valence-corrected chi connectivity index (χ0v) is 13.9. The van der Waals surface area contributed by atoms with Crippen LogP contribution in [-0.4, -0.2) is 11.7 Å². The van der Waals surface area contributed by atoms with Gasteiger partial charge in [-0.3, -0.25) is 0 Å². The van der Waals surface area contributed by atoms with Crippen LogP contribution in [0, 0.1) is 0 Å². The van der Waals surface area contributed by atoms with Gasteiger partial charge in [-0.1, -0.05) is 6.08 Å². The summed E-state index contributed by atoms with van der Waals surface area (Å²) < 4.78 is 1.70. The Balaban J connectivity index is 0.000000366. The third-order valence-electron chi connectivity index (χ3n) is 2.94. The van der Waals surface area contributed by atoms with Crippen LogP contribution in [0.1, 0.15) is 19.3 Å². The average molecular weight is 274 g/mol. The van der Waals surface area contributed by atoms with Gasteiger partial charge in [0.15, 0.2) is 0 Å². The summed E-state index contributed by atoms with van der Waals surface area (Å²) in [5.41, 5.74) is 0. The van der Waals surface area contributed by atoms with Gasteiger partial charge in [0.25, 0.3) is 0 Å². The predicted octanol–water partition coefficient (Wildman–Crippen LogP) is 5.24. The van der Waals surface area contributed by atoms with Crippen LogP contribution in [0.5, 0.6) is 0 Å². The molecule has 0 aromatic heterocycles. The molecule has 0 fully saturated rings. The molecule has 0 bridgehead atoms. The van der Waals surface area contributed by atoms with Crippen LogP contribution in [0.25, 0.3) is 0 Å². The summed E-state index contributed by atoms with van der Waals surface area (Å²) in [5.74, 6) is 0. The Labute approximate surface area is 106 Å². The number of hydrogen-bond donors (Lipinski definition) is 1. The molecule has 0 aliphatic heterocycles. The van der Waals surface area contributed by atoms with Gasteiger partial charge in [-0.2, -0.15) is 0 Å². The Morgan fingerprint density at radius 2 is 1.88 bits per heavy atom. The number of unbranched alkanes of at least 4 members (excludes halogenated alkanes) is 1. The minimum absolute atomic E-state index is 0.284. The molecule has 2 heteroatoms. The molecule has 0 saturated heterocycles. The van der Waals surface area contributed by atoms with Crippen molar-refractivity contribution >= 4 is 0 Å². The van der Waals surface area contributed by atoms with E-state index in [1.807, 2.05) is 0 Å². The molecule has 0 unspecified atom stereocenters. The van der Waals surface area contributed by atoms with E-state index in [0.29, 0.717) is 0 Å². The first-order valence-electron chi connectivity index (χ1n) is 6.60. The molecular formula is C15H30OTi. The van der Waals surface area contributed by atoms with E-state index in [4.69, 9.17) is 5.11 Å². The van der Waals surface area contributed by atoms with Gasteiger partial charge in [-0.25, -0.2) is 0 Å². The third-order valence-corrected chi connectivity index (χ3v) is 8.54. The summed E-state index contributed by atoms with van der Waals surface area (Å²) in [7, 11) is 0. The summed E-state index contributed by atoms with van der Waals surface area (Å²) >= 11 is -2.61. The molecule has 1 nitrogen and oxygen atoms in total. The normalized spacial score (nSPS) is 18.6. The van der Waals surface area contributed by atoms with E-state index >= 15 is 0 Å². The van der Waals surface area contributed by atoms with E-state index in [1.54, 1.807) is 9.95 Å². The van der Waals surface area contributed by atoms with Crippen LogP contribution >= 0.6 is 0 Å². The van der Waals surface area contributed by atoms with Gasteiger partial charge in [0.1, 0.15) is 0 Å². The van der Waals surface area contributed by atoms with E-state index in [-0.39, 0.29) is 6.61 Å². The molecule has 1 N–H and O–H groups in total. The topological polar surface area (TPSA) is 20.2 Å². The molecule has 100 valence electrons. The summed E-state index contributed by atoms with van der Waals surface area (Å²) in [6.45, 7) is 3.77. The Hall–Kier alpha value is -0.106. The van der Waals surface area contributed by atoms with Crippen molar-refractivity contribution in [2.75, 3.05) is 6.61 Å². The van der Waals surface area contributed by atoms with Crippen LogP contribution in [-0.2, 0) is 14.0 Å². The van der Waals surface area contributed by atoms with Crippen LogP contribution < -0.4 is 0 Å². The van der Waals surface area contributed by atoms with Gasteiger partial charge < -0.3 is 5.11 Å². The maximum atomic E-state index is 8.15. The molecule has 0 aromatic rings. The molecule has 1 rings (SSSR count). The van der Waals surface area contributed by atoms with Crippen LogP contribution in [0.15, 0.2) is 34.8 Å². The van der Waals surface area contributed by atoms with E-state index < -0.39 is 14.0 Å². The van der Waals surface area contributed by atoms with Crippen molar-refractivity contribution in [1.82, 2.24) is 0 Å². The van der Waals surface area contributed by atoms with Crippen molar-refractivity contribution < 1.29 is 19.1 Å². The fourth-order valence-electron chi connectivity index (χ4n) is 1.61. The van der Waals surface area contributed by atoms with Crippen LogP contribution in [0.3, 0.4) is 0 Å². The van der Waals surface area contributed by atoms with Crippen molar-refractivity contribution in [2.45, 2.75) is 45.4 Å². The van der Waals surface area contributed by atoms with Gasteiger partial charge in [0.2, 0.25) is 0 Å². The molecule has 1 aliphatic carbocycles. The second kappa shape index (κ2) is 5.26. The summed E-state index contributed by atoms with van der Waals surface area (Å²) in [6, 6.07) is 0. The van der Waals surface area contributed by atoms with Crippen LogP contribution in [0.4, 0.5) is 0 Å². The zero-order valence-electron chi connectivity index (χ0n) is 12.3. The monoisotopic (exact) mass is 274 g/mol. The fraction of sp³-hybridized carbons (Fsp3) is 0.600. The molecule has 0 aromatic carbocycles. The molecule has 1 aliphatic rings. The molecule has 0 amide bonds. The van der Waals surface area contributed by atoms with Gasteiger partial charge >= 0.3 is 68.7 Å². The summed E-state index contributed by atoms with van der Waals surface area (Å²) in [5, 5.41) is 20.6. The Morgan fingerprint density at radius 3 is 2.06 bits per heavy atom. The first kappa shape index (κ1) is 16.9. The number of rotatable bonds is 4. The van der Waals surface area contributed by atoms with Gasteiger partial charge in [0.05, 0.1) is 0 Å². The maximum absolute atomic E-state index is 8.15. The van der Waals surface area contributed by atoms with E-state index in [0.717, 1.165) is 12.8 Å². The standard InChI is InChI=1S/C5H10O.C5H5.5CH3.Ti/c1-2-3-4-5-6;1-2-4-5-3-1;;;;;;/h2,6H,1,3-5H2;1-3H,4H2;5*1H3;. The Kier molecular flexibility index (Phi) is 5.23. The van der Waals surface area contributed by atoms with Gasteiger partial charge in [0, 0.05) is 6.61 Å². The quantitative estimate of drug-likeness (QED) is 0.422. The first-order valence-corrected chi connectivity index (χ1v) is 15.2. The summed E-state index contributed by atoms with van der Waals surface area (Å²) in [6.07, 6.45) is 11.6. The van der Waals surface area contributed by atoms with Crippen molar-refractivity contribution in [3.05, 3.63) is 34.8 Å². The van der Waals surface area contributed by atoms with E-state index in [9.17, 15) is 0 Å². The number of hydrogen-bond acceptors (Lipinski definition) is 1. The minimum atomic E-state index is -2.61. The fourth-order valence-corrected chi connectivity index (χ4v) is 4.84. The molecule has 0 heterocycles. The molecule has 0 atom stereocenters. The number of aliphatic hydroxyl groups excluding tert-OH is 1. The first-order chi connectivity index (χ1) is 7.51. The van der Waals surface area contributed by atoms with Crippen molar-refractivity contribution in [3.8, 4) is 0 Å². The molecule has 0 saturated carbocycles. The molecular weight excluding hydrogens is 244 g/mol.